The van der Waals surface area contributed by atoms with Gasteiger partial charge in [0.2, 0.25) is 15.9 Å². The van der Waals surface area contributed by atoms with E-state index in [4.69, 9.17) is 9.47 Å². The van der Waals surface area contributed by atoms with Gasteiger partial charge in [-0.1, -0.05) is 18.2 Å². The number of methoxy groups -OCH3 is 2. The molecule has 33 heavy (non-hydrogen) atoms. The predicted octanol–water partition coefficient (Wildman–Crippen LogP) is 1.75. The molecule has 1 heterocycles. The van der Waals surface area contributed by atoms with E-state index >= 15 is 0 Å². The molecule has 2 aromatic rings. The number of amides is 2. The quantitative estimate of drug-likeness (QED) is 0.706. The highest BCUT2D eigenvalue weighted by Gasteiger charge is 2.26. The van der Waals surface area contributed by atoms with Gasteiger partial charge < -0.3 is 19.7 Å². The second-order valence-corrected chi connectivity index (χ2v) is 9.47. The number of carbonyl (C=O) groups excluding carboxylic acids is 2. The summed E-state index contributed by atoms with van der Waals surface area (Å²) < 4.78 is 38.1. The Morgan fingerprint density at radius 1 is 0.970 bits per heavy atom. The zero-order valence-electron chi connectivity index (χ0n) is 18.8. The Balaban J connectivity index is 1.81. The van der Waals surface area contributed by atoms with Crippen LogP contribution < -0.4 is 14.8 Å². The van der Waals surface area contributed by atoms with Gasteiger partial charge in [0.25, 0.3) is 5.91 Å². The standard InChI is InChI=1S/C23H29N3O6S/c1-31-18-9-10-20(21(17-18)32-2)23(28)25-13-6-14-26(15-11-22(27)24-12-16-25)33(29,30)19-7-4-3-5-8-19/h3-5,7-10,17H,6,11-16H2,1-2H3,(H,24,27). The Bertz CT molecular complexity index is 1070. The minimum Gasteiger partial charge on any atom is -0.497 e. The monoisotopic (exact) mass is 475 g/mol. The maximum atomic E-state index is 13.3. The first kappa shape index (κ1) is 24.5. The fraction of sp³-hybridized carbons (Fsp3) is 0.391. The van der Waals surface area contributed by atoms with E-state index < -0.39 is 10.0 Å². The third kappa shape index (κ3) is 6.02. The summed E-state index contributed by atoms with van der Waals surface area (Å²) >= 11 is 0. The third-order valence-electron chi connectivity index (χ3n) is 5.43. The lowest BCUT2D eigenvalue weighted by Crippen LogP contribution is -2.39. The molecule has 0 spiro atoms. The van der Waals surface area contributed by atoms with Crippen molar-refractivity contribution in [1.29, 1.82) is 0 Å². The number of nitrogens with one attached hydrogen (secondary N) is 1. The molecular weight excluding hydrogens is 446 g/mol. The average Bonchev–Trinajstić information content (AvgIpc) is 2.88. The molecule has 0 saturated carbocycles. The van der Waals surface area contributed by atoms with Gasteiger partial charge in [-0.2, -0.15) is 4.31 Å². The summed E-state index contributed by atoms with van der Waals surface area (Å²) in [5, 5.41) is 2.77. The number of benzene rings is 2. The topological polar surface area (TPSA) is 105 Å². The van der Waals surface area contributed by atoms with Crippen LogP contribution in [0.15, 0.2) is 53.4 Å². The van der Waals surface area contributed by atoms with Crippen molar-refractivity contribution in [3.05, 3.63) is 54.1 Å². The first-order chi connectivity index (χ1) is 15.9. The second-order valence-electron chi connectivity index (χ2n) is 7.53. The molecule has 178 valence electrons. The Labute approximate surface area is 194 Å². The van der Waals surface area contributed by atoms with E-state index in [0.717, 1.165) is 0 Å². The van der Waals surface area contributed by atoms with E-state index in [-0.39, 0.29) is 42.8 Å². The molecule has 0 aliphatic carbocycles. The van der Waals surface area contributed by atoms with E-state index in [1.807, 2.05) is 0 Å². The van der Waals surface area contributed by atoms with Gasteiger partial charge in [0.05, 0.1) is 24.7 Å². The number of sulfonamides is 1. The van der Waals surface area contributed by atoms with Gasteiger partial charge in [-0.25, -0.2) is 8.42 Å². The number of ether oxygens (including phenoxy) is 2. The highest BCUT2D eigenvalue weighted by molar-refractivity contribution is 7.89. The van der Waals surface area contributed by atoms with E-state index in [1.54, 1.807) is 41.3 Å². The molecule has 1 aliphatic rings. The summed E-state index contributed by atoms with van der Waals surface area (Å²) in [4.78, 5) is 27.3. The molecule has 1 N–H and O–H groups in total. The molecular formula is C23H29N3O6S. The van der Waals surface area contributed by atoms with Crippen molar-refractivity contribution in [2.24, 2.45) is 0 Å². The normalized spacial score (nSPS) is 16.4. The molecule has 9 nitrogen and oxygen atoms in total. The number of hydrogen-bond donors (Lipinski definition) is 1. The van der Waals surface area contributed by atoms with Crippen LogP contribution in [0, 0.1) is 0 Å². The van der Waals surface area contributed by atoms with E-state index in [1.165, 1.54) is 30.7 Å². The molecule has 0 aromatic heterocycles. The molecule has 1 fully saturated rings. The number of nitrogens with zero attached hydrogens (tertiary/aromatic N) is 2. The van der Waals surface area contributed by atoms with Crippen LogP contribution in [0.2, 0.25) is 0 Å². The molecule has 3 rings (SSSR count). The molecule has 0 unspecified atom stereocenters. The summed E-state index contributed by atoms with van der Waals surface area (Å²) in [6.45, 7) is 1.15. The van der Waals surface area contributed by atoms with Crippen LogP contribution in [0.5, 0.6) is 11.5 Å². The molecule has 1 saturated heterocycles. The summed E-state index contributed by atoms with van der Waals surface area (Å²) in [5.74, 6) is 0.418. The van der Waals surface area contributed by atoms with Crippen LogP contribution >= 0.6 is 0 Å². The maximum absolute atomic E-state index is 13.3. The Kier molecular flexibility index (Phi) is 8.29. The summed E-state index contributed by atoms with van der Waals surface area (Å²) in [6, 6.07) is 13.1. The van der Waals surface area contributed by atoms with Crippen molar-refractivity contribution in [1.82, 2.24) is 14.5 Å². The Hall–Kier alpha value is -3.11. The van der Waals surface area contributed by atoms with Crippen LogP contribution in [0.25, 0.3) is 0 Å². The van der Waals surface area contributed by atoms with Crippen molar-refractivity contribution < 1.29 is 27.5 Å². The van der Waals surface area contributed by atoms with Crippen LogP contribution in [-0.4, -0.2) is 76.4 Å². The first-order valence-corrected chi connectivity index (χ1v) is 12.1. The van der Waals surface area contributed by atoms with E-state index in [0.29, 0.717) is 36.6 Å². The van der Waals surface area contributed by atoms with Crippen molar-refractivity contribution in [2.75, 3.05) is 46.9 Å². The van der Waals surface area contributed by atoms with E-state index in [2.05, 4.69) is 5.32 Å². The third-order valence-corrected chi connectivity index (χ3v) is 7.35. The SMILES string of the molecule is COc1ccc(C(=O)N2CCCN(S(=O)(=O)c3ccccc3)CCC(=O)NCC2)c(OC)c1. The average molecular weight is 476 g/mol. The van der Waals surface area contributed by atoms with Gasteiger partial charge in [-0.15, -0.1) is 0 Å². The Morgan fingerprint density at radius 3 is 2.42 bits per heavy atom. The summed E-state index contributed by atoms with van der Waals surface area (Å²) in [7, 11) is -0.750. The van der Waals surface area contributed by atoms with Gasteiger partial charge >= 0.3 is 0 Å². The fourth-order valence-corrected chi connectivity index (χ4v) is 5.14. The van der Waals surface area contributed by atoms with Gasteiger partial charge in [-0.3, -0.25) is 9.59 Å². The van der Waals surface area contributed by atoms with Crippen LogP contribution in [-0.2, 0) is 14.8 Å². The first-order valence-electron chi connectivity index (χ1n) is 10.7. The van der Waals surface area contributed by atoms with Crippen molar-refractivity contribution >= 4 is 21.8 Å². The lowest BCUT2D eigenvalue weighted by molar-refractivity contribution is -0.121. The second kappa shape index (κ2) is 11.2. The minimum absolute atomic E-state index is 0.0479. The smallest absolute Gasteiger partial charge is 0.257 e. The molecule has 2 amide bonds. The minimum atomic E-state index is -3.76. The highest BCUT2D eigenvalue weighted by Crippen LogP contribution is 2.26. The lowest BCUT2D eigenvalue weighted by atomic mass is 10.1. The molecule has 0 bridgehead atoms. The number of rotatable bonds is 5. The van der Waals surface area contributed by atoms with Gasteiger partial charge in [0.1, 0.15) is 11.5 Å². The molecule has 10 heteroatoms. The van der Waals surface area contributed by atoms with Gasteiger partial charge in [0.15, 0.2) is 0 Å². The number of carbonyl (C=O) groups is 2. The summed E-state index contributed by atoms with van der Waals surface area (Å²) in [5.41, 5.74) is 0.369. The lowest BCUT2D eigenvalue weighted by Gasteiger charge is -2.25. The Morgan fingerprint density at radius 2 is 1.73 bits per heavy atom. The predicted molar refractivity (Wildman–Crippen MR) is 123 cm³/mol. The van der Waals surface area contributed by atoms with Crippen molar-refractivity contribution in [3.63, 3.8) is 0 Å². The zero-order valence-corrected chi connectivity index (χ0v) is 19.6. The molecule has 0 atom stereocenters. The van der Waals surface area contributed by atoms with E-state index in [9.17, 15) is 18.0 Å². The fourth-order valence-electron chi connectivity index (χ4n) is 3.64. The summed E-state index contributed by atoms with van der Waals surface area (Å²) in [6.07, 6.45) is 0.469. The maximum Gasteiger partial charge on any atom is 0.257 e. The van der Waals surface area contributed by atoms with Crippen LogP contribution in [0.3, 0.4) is 0 Å². The molecule has 0 radical (unpaired) electrons. The largest absolute Gasteiger partial charge is 0.497 e. The van der Waals surface area contributed by atoms with Gasteiger partial charge in [0, 0.05) is 45.2 Å². The number of hydrogen-bond acceptors (Lipinski definition) is 6. The van der Waals surface area contributed by atoms with Crippen LogP contribution in [0.4, 0.5) is 0 Å². The van der Waals surface area contributed by atoms with Gasteiger partial charge in [-0.05, 0) is 30.7 Å². The zero-order chi connectivity index (χ0) is 23.8. The van der Waals surface area contributed by atoms with Crippen molar-refractivity contribution in [3.8, 4) is 11.5 Å². The van der Waals surface area contributed by atoms with Crippen molar-refractivity contribution in [2.45, 2.75) is 17.7 Å². The molecule has 2 aromatic carbocycles. The molecule has 1 aliphatic heterocycles. The highest BCUT2D eigenvalue weighted by atomic mass is 32.2. The van der Waals surface area contributed by atoms with Crippen LogP contribution in [0.1, 0.15) is 23.2 Å².